The molecule has 35 heavy (non-hydrogen) atoms. The molecule has 0 saturated heterocycles. The molecule has 0 atom stereocenters. The summed E-state index contributed by atoms with van der Waals surface area (Å²) in [6.07, 6.45) is 4.01. The number of hydrogen-bond donors (Lipinski definition) is 1. The minimum Gasteiger partial charge on any atom is -0.443 e. The number of aryl methyl sites for hydroxylation is 1. The third-order valence-corrected chi connectivity index (χ3v) is 5.05. The number of hydrazine groups is 1. The zero-order valence-electron chi connectivity index (χ0n) is 20.8. The summed E-state index contributed by atoms with van der Waals surface area (Å²) in [4.78, 5) is 38.3. The number of benzene rings is 2. The zero-order chi connectivity index (χ0) is 25.9. The van der Waals surface area contributed by atoms with Crippen LogP contribution in [0.2, 0.25) is 0 Å². The number of carbonyl (C=O) groups excluding carboxylic acids is 3. The molecular formula is C27H30FN3O4. The van der Waals surface area contributed by atoms with E-state index in [2.05, 4.69) is 5.43 Å². The molecule has 0 aliphatic carbocycles. The average molecular weight is 480 g/mol. The summed E-state index contributed by atoms with van der Waals surface area (Å²) in [5, 5.41) is 1.95. The molecule has 0 radical (unpaired) electrons. The van der Waals surface area contributed by atoms with Gasteiger partial charge >= 0.3 is 6.09 Å². The maximum absolute atomic E-state index is 13.5. The van der Waals surface area contributed by atoms with E-state index in [1.165, 1.54) is 33.9 Å². The van der Waals surface area contributed by atoms with Gasteiger partial charge < -0.3 is 4.74 Å². The fraction of sp³-hybridized carbons (Fsp3) is 0.296. The SMILES string of the molecule is Cc1ccc2c(c1)c(C=CC(=O)N(NC(=O)c1cccc(F)c1)C(C)C)cn2C(=O)OC(C)(C)C. The topological polar surface area (TPSA) is 80.6 Å². The van der Waals surface area contributed by atoms with Crippen LogP contribution < -0.4 is 5.43 Å². The second kappa shape index (κ2) is 10.1. The van der Waals surface area contributed by atoms with Gasteiger partial charge in [0.15, 0.2) is 0 Å². The van der Waals surface area contributed by atoms with E-state index in [-0.39, 0.29) is 11.6 Å². The molecule has 0 fully saturated rings. The number of halogens is 1. The van der Waals surface area contributed by atoms with Gasteiger partial charge in [0.1, 0.15) is 11.4 Å². The molecule has 1 heterocycles. The van der Waals surface area contributed by atoms with Gasteiger partial charge in [-0.05, 0) is 78.0 Å². The largest absolute Gasteiger partial charge is 0.443 e. The first kappa shape index (κ1) is 25.7. The van der Waals surface area contributed by atoms with Gasteiger partial charge in [-0.3, -0.25) is 19.6 Å². The lowest BCUT2D eigenvalue weighted by atomic mass is 10.1. The summed E-state index contributed by atoms with van der Waals surface area (Å²) in [6, 6.07) is 10.5. The average Bonchev–Trinajstić information content (AvgIpc) is 3.12. The highest BCUT2D eigenvalue weighted by atomic mass is 19.1. The van der Waals surface area contributed by atoms with Crippen molar-refractivity contribution in [1.82, 2.24) is 15.0 Å². The molecule has 2 amide bonds. The smallest absolute Gasteiger partial charge is 0.419 e. The number of rotatable bonds is 4. The Morgan fingerprint density at radius 1 is 1.11 bits per heavy atom. The highest BCUT2D eigenvalue weighted by Gasteiger charge is 2.22. The Balaban J connectivity index is 1.89. The van der Waals surface area contributed by atoms with Gasteiger partial charge in [0.2, 0.25) is 0 Å². The molecular weight excluding hydrogens is 449 g/mol. The molecule has 2 aromatic carbocycles. The predicted octanol–water partition coefficient (Wildman–Crippen LogP) is 5.47. The van der Waals surface area contributed by atoms with Crippen LogP contribution in [-0.2, 0) is 9.53 Å². The molecule has 0 aliphatic heterocycles. The van der Waals surface area contributed by atoms with E-state index < -0.39 is 29.3 Å². The first-order valence-electron chi connectivity index (χ1n) is 11.3. The molecule has 7 nitrogen and oxygen atoms in total. The first-order chi connectivity index (χ1) is 16.4. The number of carbonyl (C=O) groups is 3. The van der Waals surface area contributed by atoms with Crippen molar-refractivity contribution >= 4 is 34.9 Å². The fourth-order valence-electron chi connectivity index (χ4n) is 3.45. The summed E-state index contributed by atoms with van der Waals surface area (Å²) in [5.41, 5.74) is 4.26. The minimum atomic E-state index is -0.665. The number of fused-ring (bicyclic) bond motifs is 1. The van der Waals surface area contributed by atoms with Crippen molar-refractivity contribution in [2.45, 2.75) is 53.2 Å². The maximum atomic E-state index is 13.5. The first-order valence-corrected chi connectivity index (χ1v) is 11.3. The molecule has 1 N–H and O–H groups in total. The Kier molecular flexibility index (Phi) is 7.43. The van der Waals surface area contributed by atoms with Gasteiger partial charge in [0.05, 0.1) is 5.52 Å². The van der Waals surface area contributed by atoms with E-state index in [4.69, 9.17) is 4.74 Å². The van der Waals surface area contributed by atoms with Crippen LogP contribution in [0.15, 0.2) is 54.7 Å². The second-order valence-electron chi connectivity index (χ2n) is 9.54. The second-order valence-corrected chi connectivity index (χ2v) is 9.54. The van der Waals surface area contributed by atoms with E-state index in [1.54, 1.807) is 46.9 Å². The Morgan fingerprint density at radius 3 is 2.46 bits per heavy atom. The van der Waals surface area contributed by atoms with Crippen molar-refractivity contribution in [2.75, 3.05) is 0 Å². The molecule has 1 aromatic heterocycles. The molecule has 0 aliphatic rings. The normalized spacial score (nSPS) is 11.8. The molecule has 0 spiro atoms. The lowest BCUT2D eigenvalue weighted by Gasteiger charge is -2.25. The van der Waals surface area contributed by atoms with E-state index >= 15 is 0 Å². The van der Waals surface area contributed by atoms with Crippen molar-refractivity contribution in [3.05, 3.63) is 77.2 Å². The molecule has 0 unspecified atom stereocenters. The zero-order valence-corrected chi connectivity index (χ0v) is 20.8. The van der Waals surface area contributed by atoms with Crippen molar-refractivity contribution in [1.29, 1.82) is 0 Å². The van der Waals surface area contributed by atoms with Crippen LogP contribution in [-0.4, -0.2) is 39.1 Å². The van der Waals surface area contributed by atoms with E-state index in [1.807, 2.05) is 25.1 Å². The van der Waals surface area contributed by atoms with Crippen molar-refractivity contribution in [2.24, 2.45) is 0 Å². The number of nitrogens with zero attached hydrogens (tertiary/aromatic N) is 2. The van der Waals surface area contributed by atoms with Crippen molar-refractivity contribution < 1.29 is 23.5 Å². The molecule has 0 bridgehead atoms. The van der Waals surface area contributed by atoms with Gasteiger partial charge in [0.25, 0.3) is 11.8 Å². The van der Waals surface area contributed by atoms with E-state index in [0.717, 1.165) is 17.0 Å². The number of hydrogen-bond acceptors (Lipinski definition) is 4. The van der Waals surface area contributed by atoms with Crippen LogP contribution in [0.4, 0.5) is 9.18 Å². The Labute approximate surface area is 204 Å². The predicted molar refractivity (Wildman–Crippen MR) is 133 cm³/mol. The number of nitrogens with one attached hydrogen (secondary N) is 1. The Morgan fingerprint density at radius 2 is 1.83 bits per heavy atom. The van der Waals surface area contributed by atoms with Crippen molar-refractivity contribution in [3.8, 4) is 0 Å². The molecule has 0 saturated carbocycles. The van der Waals surface area contributed by atoms with Gasteiger partial charge in [-0.15, -0.1) is 0 Å². The summed E-state index contributed by atoms with van der Waals surface area (Å²) in [5.74, 6) is -1.62. The van der Waals surface area contributed by atoms with Crippen molar-refractivity contribution in [3.63, 3.8) is 0 Å². The quantitative estimate of drug-likeness (QED) is 0.398. The fourth-order valence-corrected chi connectivity index (χ4v) is 3.45. The lowest BCUT2D eigenvalue weighted by molar-refractivity contribution is -0.130. The van der Waals surface area contributed by atoms with Gasteiger partial charge in [-0.1, -0.05) is 17.7 Å². The van der Waals surface area contributed by atoms with Crippen LogP contribution >= 0.6 is 0 Å². The number of amides is 2. The standard InChI is InChI=1S/C27H30FN3O4/c1-17(2)31(29-25(33)19-8-7-9-21(28)15-19)24(32)13-11-20-16-30(26(34)35-27(4,5)6)23-12-10-18(3)14-22(20)23/h7-17H,1-6H3,(H,29,33). The summed E-state index contributed by atoms with van der Waals surface area (Å²) >= 11 is 0. The monoisotopic (exact) mass is 479 g/mol. The summed E-state index contributed by atoms with van der Waals surface area (Å²) in [6.45, 7) is 10.8. The molecule has 184 valence electrons. The third kappa shape index (κ3) is 6.35. The van der Waals surface area contributed by atoms with E-state index in [9.17, 15) is 18.8 Å². The van der Waals surface area contributed by atoms with Gasteiger partial charge in [-0.25, -0.2) is 14.2 Å². The van der Waals surface area contributed by atoms with Crippen LogP contribution in [0.5, 0.6) is 0 Å². The van der Waals surface area contributed by atoms with Gasteiger partial charge in [-0.2, -0.15) is 0 Å². The highest BCUT2D eigenvalue weighted by Crippen LogP contribution is 2.25. The molecule has 3 rings (SSSR count). The van der Waals surface area contributed by atoms with Crippen LogP contribution in [0, 0.1) is 12.7 Å². The summed E-state index contributed by atoms with van der Waals surface area (Å²) < 4.78 is 20.4. The maximum Gasteiger partial charge on any atom is 0.419 e. The van der Waals surface area contributed by atoms with Crippen LogP contribution in [0.1, 0.15) is 56.1 Å². The lowest BCUT2D eigenvalue weighted by Crippen LogP contribution is -2.49. The third-order valence-electron chi connectivity index (χ3n) is 5.05. The highest BCUT2D eigenvalue weighted by molar-refractivity contribution is 6.01. The Bertz CT molecular complexity index is 1300. The molecule has 3 aromatic rings. The van der Waals surface area contributed by atoms with Crippen LogP contribution in [0.3, 0.4) is 0 Å². The van der Waals surface area contributed by atoms with Gasteiger partial charge in [0, 0.05) is 34.8 Å². The van der Waals surface area contributed by atoms with E-state index in [0.29, 0.717) is 11.1 Å². The summed E-state index contributed by atoms with van der Waals surface area (Å²) in [7, 11) is 0. The van der Waals surface area contributed by atoms with Crippen LogP contribution in [0.25, 0.3) is 17.0 Å². The Hall–Kier alpha value is -3.94. The minimum absolute atomic E-state index is 0.100. The number of aromatic nitrogens is 1. The molecule has 8 heteroatoms. The number of ether oxygens (including phenoxy) is 1.